The average Bonchev–Trinajstić information content (AvgIpc) is 2.55. The first-order valence-corrected chi connectivity index (χ1v) is 8.18. The summed E-state index contributed by atoms with van der Waals surface area (Å²) in [6.07, 6.45) is 1.10. The monoisotopic (exact) mass is 372 g/mol. The molecule has 1 aromatic carbocycles. The molecule has 1 heterocycles. The third-order valence-corrected chi connectivity index (χ3v) is 4.30. The molecule has 0 aliphatic carbocycles. The van der Waals surface area contributed by atoms with Gasteiger partial charge in [0.25, 0.3) is 0 Å². The van der Waals surface area contributed by atoms with Gasteiger partial charge in [0.2, 0.25) is 0 Å². The van der Waals surface area contributed by atoms with E-state index in [9.17, 15) is 4.79 Å². The third kappa shape index (κ3) is 5.28. The first kappa shape index (κ1) is 17.9. The second kappa shape index (κ2) is 8.98. The predicted octanol–water partition coefficient (Wildman–Crippen LogP) is 4.44. The van der Waals surface area contributed by atoms with E-state index in [0.717, 1.165) is 17.5 Å². The third-order valence-electron chi connectivity index (χ3n) is 2.73. The second-order valence-electron chi connectivity index (χ2n) is 4.31. The molecule has 1 amide bonds. The Morgan fingerprint density at radius 1 is 1.26 bits per heavy atom. The number of pyridine rings is 1. The van der Waals surface area contributed by atoms with Crippen molar-refractivity contribution in [2.75, 3.05) is 20.3 Å². The Labute approximate surface area is 148 Å². The smallest absolute Gasteiger partial charge is 0.417 e. The normalized spacial score (nSPS) is 10.4. The van der Waals surface area contributed by atoms with E-state index in [1.807, 2.05) is 6.07 Å². The fraction of sp³-hybridized carbons (Fsp3) is 0.200. The van der Waals surface area contributed by atoms with Gasteiger partial charge in [-0.3, -0.25) is 9.71 Å². The van der Waals surface area contributed by atoms with E-state index in [4.69, 9.17) is 32.7 Å². The van der Waals surface area contributed by atoms with Gasteiger partial charge in [-0.25, -0.2) is 4.79 Å². The summed E-state index contributed by atoms with van der Waals surface area (Å²) < 4.78 is 12.3. The van der Waals surface area contributed by atoms with E-state index in [2.05, 4.69) is 9.71 Å². The van der Waals surface area contributed by atoms with Crippen molar-refractivity contribution < 1.29 is 14.3 Å². The second-order valence-corrected chi connectivity index (χ2v) is 5.97. The summed E-state index contributed by atoms with van der Waals surface area (Å²) in [7, 11) is 1.53. The lowest BCUT2D eigenvalue weighted by molar-refractivity contribution is 0.103. The van der Waals surface area contributed by atoms with Crippen LogP contribution in [-0.2, 0) is 9.47 Å². The van der Waals surface area contributed by atoms with Crippen molar-refractivity contribution >= 4 is 41.2 Å². The van der Waals surface area contributed by atoms with E-state index in [-0.39, 0.29) is 6.61 Å². The van der Waals surface area contributed by atoms with Gasteiger partial charge >= 0.3 is 6.09 Å². The molecule has 0 saturated heterocycles. The van der Waals surface area contributed by atoms with Gasteiger partial charge in [-0.15, -0.1) is 0 Å². The molecule has 2 aromatic rings. The number of methoxy groups -OCH3 is 1. The number of halogens is 2. The Kier molecular flexibility index (Phi) is 6.98. The molecule has 0 aliphatic heterocycles. The lowest BCUT2D eigenvalue weighted by atomic mass is 10.1. The zero-order valence-corrected chi connectivity index (χ0v) is 14.5. The highest BCUT2D eigenvalue weighted by Crippen LogP contribution is 2.32. The topological polar surface area (TPSA) is 60.5 Å². The maximum atomic E-state index is 11.5. The highest BCUT2D eigenvalue weighted by molar-refractivity contribution is 7.98. The van der Waals surface area contributed by atoms with Crippen LogP contribution in [0.3, 0.4) is 0 Å². The first-order valence-electron chi connectivity index (χ1n) is 6.61. The summed E-state index contributed by atoms with van der Waals surface area (Å²) in [4.78, 5) is 16.4. The number of ether oxygens (including phenoxy) is 2. The fourth-order valence-corrected chi connectivity index (χ4v) is 2.74. The van der Waals surface area contributed by atoms with Gasteiger partial charge in [0, 0.05) is 23.8 Å². The number of hydrogen-bond acceptors (Lipinski definition) is 5. The van der Waals surface area contributed by atoms with E-state index in [1.165, 1.54) is 7.11 Å². The summed E-state index contributed by atoms with van der Waals surface area (Å²) in [6, 6.07) is 8.86. The van der Waals surface area contributed by atoms with E-state index in [1.54, 1.807) is 30.5 Å². The molecule has 1 N–H and O–H groups in total. The lowest BCUT2D eigenvalue weighted by Gasteiger charge is -2.09. The van der Waals surface area contributed by atoms with Gasteiger partial charge < -0.3 is 9.47 Å². The minimum atomic E-state index is -0.565. The maximum absolute atomic E-state index is 11.5. The van der Waals surface area contributed by atoms with Crippen molar-refractivity contribution in [1.29, 1.82) is 0 Å². The SMILES string of the molecule is COCCOC(=O)NSc1cc(-c2ncccc2Cl)ccc1Cl. The molecular weight excluding hydrogens is 359 g/mol. The molecular formula is C15H14Cl2N2O3S. The zero-order chi connectivity index (χ0) is 16.7. The number of nitrogens with one attached hydrogen (secondary N) is 1. The van der Waals surface area contributed by atoms with Crippen molar-refractivity contribution in [2.45, 2.75) is 4.90 Å². The molecule has 0 saturated carbocycles. The Morgan fingerprint density at radius 3 is 2.83 bits per heavy atom. The van der Waals surface area contributed by atoms with Gasteiger partial charge in [-0.05, 0) is 36.2 Å². The fourth-order valence-electron chi connectivity index (χ4n) is 1.67. The standard InChI is InChI=1S/C15H14Cl2N2O3S/c1-21-7-8-22-15(20)19-23-13-9-10(4-5-11(13)16)14-12(17)3-2-6-18-14/h2-6,9H,7-8H2,1H3,(H,19,20). The molecule has 2 rings (SSSR count). The van der Waals surface area contributed by atoms with Crippen LogP contribution in [0, 0.1) is 0 Å². The molecule has 122 valence electrons. The summed E-state index contributed by atoms with van der Waals surface area (Å²) in [6.45, 7) is 0.521. The minimum absolute atomic E-state index is 0.181. The predicted molar refractivity (Wildman–Crippen MR) is 91.9 cm³/mol. The highest BCUT2D eigenvalue weighted by atomic mass is 35.5. The number of rotatable bonds is 6. The van der Waals surface area contributed by atoms with E-state index in [0.29, 0.717) is 27.2 Å². The van der Waals surface area contributed by atoms with Crippen LogP contribution in [0.25, 0.3) is 11.3 Å². The Balaban J connectivity index is 2.06. The van der Waals surface area contributed by atoms with Gasteiger partial charge in [0.1, 0.15) is 6.61 Å². The molecule has 1 aromatic heterocycles. The molecule has 0 radical (unpaired) electrons. The highest BCUT2D eigenvalue weighted by Gasteiger charge is 2.10. The largest absolute Gasteiger partial charge is 0.446 e. The van der Waals surface area contributed by atoms with Gasteiger partial charge in [0.15, 0.2) is 0 Å². The van der Waals surface area contributed by atoms with E-state index < -0.39 is 6.09 Å². The molecule has 0 unspecified atom stereocenters. The Bertz CT molecular complexity index is 686. The maximum Gasteiger partial charge on any atom is 0.417 e. The van der Waals surface area contributed by atoms with Crippen molar-refractivity contribution in [3.8, 4) is 11.3 Å². The quantitative estimate of drug-likeness (QED) is 0.599. The summed E-state index contributed by atoms with van der Waals surface area (Å²) >= 11 is 13.4. The van der Waals surface area contributed by atoms with Crippen LogP contribution in [0.2, 0.25) is 10.0 Å². The minimum Gasteiger partial charge on any atom is -0.446 e. The Hall–Kier alpha value is -1.47. The molecule has 0 bridgehead atoms. The van der Waals surface area contributed by atoms with Crippen LogP contribution < -0.4 is 4.72 Å². The van der Waals surface area contributed by atoms with E-state index >= 15 is 0 Å². The van der Waals surface area contributed by atoms with Crippen molar-refractivity contribution in [2.24, 2.45) is 0 Å². The number of amides is 1. The van der Waals surface area contributed by atoms with Gasteiger partial charge in [0.05, 0.1) is 22.3 Å². The molecule has 0 atom stereocenters. The van der Waals surface area contributed by atoms with Crippen LogP contribution in [0.1, 0.15) is 0 Å². The van der Waals surface area contributed by atoms with Gasteiger partial charge in [-0.1, -0.05) is 29.3 Å². The first-order chi connectivity index (χ1) is 11.1. The van der Waals surface area contributed by atoms with Crippen LogP contribution in [0.4, 0.5) is 4.79 Å². The lowest BCUT2D eigenvalue weighted by Crippen LogP contribution is -2.19. The molecule has 0 fully saturated rings. The van der Waals surface area contributed by atoms with Crippen molar-refractivity contribution in [1.82, 2.24) is 9.71 Å². The number of nitrogens with zero attached hydrogens (tertiary/aromatic N) is 1. The molecule has 5 nitrogen and oxygen atoms in total. The van der Waals surface area contributed by atoms with Crippen LogP contribution >= 0.6 is 35.1 Å². The number of hydrogen-bond donors (Lipinski definition) is 1. The summed E-state index contributed by atoms with van der Waals surface area (Å²) in [5.41, 5.74) is 1.45. The number of aromatic nitrogens is 1. The molecule has 0 spiro atoms. The van der Waals surface area contributed by atoms with Gasteiger partial charge in [-0.2, -0.15) is 0 Å². The summed E-state index contributed by atoms with van der Waals surface area (Å²) in [5, 5.41) is 1.04. The van der Waals surface area contributed by atoms with Crippen molar-refractivity contribution in [3.05, 3.63) is 46.6 Å². The Morgan fingerprint density at radius 2 is 2.09 bits per heavy atom. The summed E-state index contributed by atoms with van der Waals surface area (Å²) in [5.74, 6) is 0. The number of carbonyl (C=O) groups is 1. The molecule has 8 heteroatoms. The molecule has 23 heavy (non-hydrogen) atoms. The molecule has 0 aliphatic rings. The van der Waals surface area contributed by atoms with Crippen molar-refractivity contribution in [3.63, 3.8) is 0 Å². The van der Waals surface area contributed by atoms with Crippen LogP contribution in [-0.4, -0.2) is 31.4 Å². The number of benzene rings is 1. The number of carbonyl (C=O) groups excluding carboxylic acids is 1. The average molecular weight is 373 g/mol. The van der Waals surface area contributed by atoms with Crippen LogP contribution in [0.5, 0.6) is 0 Å². The van der Waals surface area contributed by atoms with Crippen LogP contribution in [0.15, 0.2) is 41.4 Å². The zero-order valence-electron chi connectivity index (χ0n) is 12.2.